The predicted molar refractivity (Wildman–Crippen MR) is 89.5 cm³/mol. The van der Waals surface area contributed by atoms with Crippen LogP contribution >= 0.6 is 0 Å². The maximum Gasteiger partial charge on any atom is 0.255 e. The lowest BCUT2D eigenvalue weighted by molar-refractivity contribution is 0.205. The molecule has 2 fully saturated rings. The number of nitrogens with one attached hydrogen (secondary N) is 1. The lowest BCUT2D eigenvalue weighted by Gasteiger charge is -2.19. The molecule has 0 radical (unpaired) electrons. The molecule has 0 bridgehead atoms. The Morgan fingerprint density at radius 2 is 2.00 bits per heavy atom. The Hall–Kier alpha value is -2.28. The largest absolute Gasteiger partial charge is 0.468 e. The Bertz CT molecular complexity index is 760. The molecule has 2 aliphatic heterocycles. The number of benzene rings is 1. The van der Waals surface area contributed by atoms with Gasteiger partial charge in [0.15, 0.2) is 0 Å². The standard InChI is InChI=1S/C18H20F2N4O/c1-11(12-3-2-4-15(19)5-12)25-17-16(20)8-22-18(23-17)24-9-13-6-21-7-14(13)10-24/h2-5,8,11,13-14,21H,6-7,9-10H2,1H3/t11-,13-,14+/m1/s1. The van der Waals surface area contributed by atoms with Crippen LogP contribution in [0.2, 0.25) is 0 Å². The van der Waals surface area contributed by atoms with Crippen LogP contribution in [0.3, 0.4) is 0 Å². The van der Waals surface area contributed by atoms with Crippen LogP contribution in [0.5, 0.6) is 5.88 Å². The third kappa shape index (κ3) is 3.28. The second-order valence-corrected chi connectivity index (χ2v) is 6.72. The van der Waals surface area contributed by atoms with E-state index in [2.05, 4.69) is 20.2 Å². The number of aromatic nitrogens is 2. The topological polar surface area (TPSA) is 50.3 Å². The summed E-state index contributed by atoms with van der Waals surface area (Å²) in [7, 11) is 0. The van der Waals surface area contributed by atoms with E-state index in [4.69, 9.17) is 4.74 Å². The van der Waals surface area contributed by atoms with Gasteiger partial charge in [-0.3, -0.25) is 0 Å². The maximum absolute atomic E-state index is 14.1. The van der Waals surface area contributed by atoms with Gasteiger partial charge >= 0.3 is 0 Å². The molecule has 3 atom stereocenters. The Kier molecular flexibility index (Phi) is 4.25. The number of hydrogen-bond donors (Lipinski definition) is 1. The van der Waals surface area contributed by atoms with Gasteiger partial charge in [0.1, 0.15) is 11.9 Å². The molecule has 0 aliphatic carbocycles. The molecule has 132 valence electrons. The summed E-state index contributed by atoms with van der Waals surface area (Å²) in [4.78, 5) is 10.5. The van der Waals surface area contributed by atoms with Crippen molar-refractivity contribution in [3.8, 4) is 5.88 Å². The summed E-state index contributed by atoms with van der Waals surface area (Å²) in [6.45, 7) is 5.47. The van der Waals surface area contributed by atoms with Crippen molar-refractivity contribution in [3.05, 3.63) is 47.7 Å². The van der Waals surface area contributed by atoms with Crippen molar-refractivity contribution in [2.45, 2.75) is 13.0 Å². The molecule has 2 saturated heterocycles. The van der Waals surface area contributed by atoms with Gasteiger partial charge in [0.2, 0.25) is 11.8 Å². The smallest absolute Gasteiger partial charge is 0.255 e. The van der Waals surface area contributed by atoms with Gasteiger partial charge in [0.25, 0.3) is 5.88 Å². The molecule has 0 unspecified atom stereocenters. The quantitative estimate of drug-likeness (QED) is 0.922. The first-order valence-electron chi connectivity index (χ1n) is 8.50. The Labute approximate surface area is 145 Å². The highest BCUT2D eigenvalue weighted by molar-refractivity contribution is 5.35. The highest BCUT2D eigenvalue weighted by Gasteiger charge is 2.37. The minimum absolute atomic E-state index is 0.100. The highest BCUT2D eigenvalue weighted by atomic mass is 19.1. The number of anilines is 1. The molecular weight excluding hydrogens is 326 g/mol. The number of rotatable bonds is 4. The molecule has 1 aromatic carbocycles. The summed E-state index contributed by atoms with van der Waals surface area (Å²) in [6.07, 6.45) is 0.623. The van der Waals surface area contributed by atoms with Crippen LogP contribution in [0.25, 0.3) is 0 Å². The summed E-state index contributed by atoms with van der Waals surface area (Å²) in [6, 6.07) is 6.07. The SMILES string of the molecule is C[C@@H](Oc1nc(N2C[C@H]3CNC[C@H]3C2)ncc1F)c1cccc(F)c1. The minimum atomic E-state index is -0.618. The zero-order chi connectivity index (χ0) is 17.4. The van der Waals surface area contributed by atoms with E-state index in [0.717, 1.165) is 32.4 Å². The van der Waals surface area contributed by atoms with Crippen molar-refractivity contribution in [1.82, 2.24) is 15.3 Å². The second kappa shape index (κ2) is 6.55. The fourth-order valence-corrected chi connectivity index (χ4v) is 3.59. The number of ether oxygens (including phenoxy) is 1. The third-order valence-corrected chi connectivity index (χ3v) is 4.98. The summed E-state index contributed by atoms with van der Waals surface area (Å²) >= 11 is 0. The average Bonchev–Trinajstić information content (AvgIpc) is 3.18. The maximum atomic E-state index is 14.1. The van der Waals surface area contributed by atoms with Gasteiger partial charge in [0.05, 0.1) is 6.20 Å². The van der Waals surface area contributed by atoms with Gasteiger partial charge < -0.3 is 15.0 Å². The van der Waals surface area contributed by atoms with Crippen LogP contribution < -0.4 is 15.0 Å². The molecule has 25 heavy (non-hydrogen) atoms. The number of fused-ring (bicyclic) bond motifs is 1. The first-order chi connectivity index (χ1) is 12.1. The van der Waals surface area contributed by atoms with Gasteiger partial charge in [0, 0.05) is 26.2 Å². The highest BCUT2D eigenvalue weighted by Crippen LogP contribution is 2.30. The van der Waals surface area contributed by atoms with Gasteiger partial charge in [-0.2, -0.15) is 9.37 Å². The van der Waals surface area contributed by atoms with Crippen LogP contribution in [0.4, 0.5) is 14.7 Å². The molecule has 2 aliphatic rings. The molecule has 5 nitrogen and oxygen atoms in total. The number of halogens is 2. The van der Waals surface area contributed by atoms with Crippen molar-refractivity contribution in [1.29, 1.82) is 0 Å². The lowest BCUT2D eigenvalue weighted by atomic mass is 10.0. The molecule has 4 rings (SSSR count). The molecule has 1 N–H and O–H groups in total. The predicted octanol–water partition coefficient (Wildman–Crippen LogP) is 2.55. The molecule has 0 amide bonds. The Morgan fingerprint density at radius 3 is 2.72 bits per heavy atom. The van der Waals surface area contributed by atoms with Crippen molar-refractivity contribution in [2.75, 3.05) is 31.1 Å². The normalized spacial score (nSPS) is 23.6. The summed E-state index contributed by atoms with van der Waals surface area (Å²) in [5.74, 6) is 0.588. The van der Waals surface area contributed by atoms with Crippen LogP contribution in [0.15, 0.2) is 30.5 Å². The van der Waals surface area contributed by atoms with Crippen molar-refractivity contribution in [3.63, 3.8) is 0 Å². The van der Waals surface area contributed by atoms with Crippen molar-refractivity contribution >= 4 is 5.95 Å². The summed E-state index contributed by atoms with van der Waals surface area (Å²) < 4.78 is 33.1. The molecular formula is C18H20F2N4O. The van der Waals surface area contributed by atoms with E-state index in [1.165, 1.54) is 12.1 Å². The molecule has 7 heteroatoms. The second-order valence-electron chi connectivity index (χ2n) is 6.72. The van der Waals surface area contributed by atoms with Crippen LogP contribution in [0.1, 0.15) is 18.6 Å². The van der Waals surface area contributed by atoms with Gasteiger partial charge in [-0.1, -0.05) is 12.1 Å². The molecule has 3 heterocycles. The van der Waals surface area contributed by atoms with E-state index in [0.29, 0.717) is 23.3 Å². The van der Waals surface area contributed by atoms with Crippen molar-refractivity contribution in [2.24, 2.45) is 11.8 Å². The van der Waals surface area contributed by atoms with Crippen molar-refractivity contribution < 1.29 is 13.5 Å². The number of nitrogens with zero attached hydrogens (tertiary/aromatic N) is 3. The van der Waals surface area contributed by atoms with E-state index in [1.807, 2.05) is 0 Å². The van der Waals surface area contributed by atoms with E-state index in [1.54, 1.807) is 19.1 Å². The van der Waals surface area contributed by atoms with Crippen LogP contribution in [-0.2, 0) is 0 Å². The minimum Gasteiger partial charge on any atom is -0.468 e. The third-order valence-electron chi connectivity index (χ3n) is 4.98. The van der Waals surface area contributed by atoms with E-state index >= 15 is 0 Å². The fourth-order valence-electron chi connectivity index (χ4n) is 3.59. The molecule has 0 spiro atoms. The Morgan fingerprint density at radius 1 is 1.24 bits per heavy atom. The van der Waals surface area contributed by atoms with Gasteiger partial charge in [-0.15, -0.1) is 0 Å². The van der Waals surface area contributed by atoms with Gasteiger partial charge in [-0.05, 0) is 36.5 Å². The van der Waals surface area contributed by atoms with Crippen LogP contribution in [-0.4, -0.2) is 36.1 Å². The van der Waals surface area contributed by atoms with E-state index < -0.39 is 11.9 Å². The number of hydrogen-bond acceptors (Lipinski definition) is 5. The van der Waals surface area contributed by atoms with E-state index in [9.17, 15) is 8.78 Å². The average molecular weight is 346 g/mol. The summed E-state index contributed by atoms with van der Waals surface area (Å²) in [5.41, 5.74) is 0.626. The van der Waals surface area contributed by atoms with E-state index in [-0.39, 0.29) is 11.7 Å². The molecule has 1 aromatic heterocycles. The van der Waals surface area contributed by atoms with Gasteiger partial charge in [-0.25, -0.2) is 9.37 Å². The first-order valence-corrected chi connectivity index (χ1v) is 8.50. The fraction of sp³-hybridized carbons (Fsp3) is 0.444. The Balaban J connectivity index is 1.52. The monoisotopic (exact) mass is 346 g/mol. The first kappa shape index (κ1) is 16.2. The van der Waals surface area contributed by atoms with Crippen LogP contribution in [0, 0.1) is 23.5 Å². The molecule has 2 aromatic rings. The molecule has 0 saturated carbocycles. The zero-order valence-electron chi connectivity index (χ0n) is 14.0. The lowest BCUT2D eigenvalue weighted by Crippen LogP contribution is -2.27. The summed E-state index contributed by atoms with van der Waals surface area (Å²) in [5, 5.41) is 3.38. The zero-order valence-corrected chi connectivity index (χ0v) is 14.0.